The van der Waals surface area contributed by atoms with Gasteiger partial charge in [-0.25, -0.2) is 0 Å². The molecule has 1 aliphatic heterocycles. The number of nitrogens with two attached hydrogens (primary N) is 1. The molecule has 0 unspecified atom stereocenters. The number of hydrogen-bond acceptors (Lipinski definition) is 2. The van der Waals surface area contributed by atoms with Crippen molar-refractivity contribution in [1.29, 1.82) is 0 Å². The fraction of sp³-hybridized carbons (Fsp3) is 0.800. The lowest BCUT2D eigenvalue weighted by Gasteiger charge is -2.36. The molecule has 0 aromatic heterocycles. The van der Waals surface area contributed by atoms with Crippen molar-refractivity contribution in [1.82, 2.24) is 4.90 Å². The molecule has 80 valence electrons. The maximum atomic E-state index is 11.4. The minimum atomic E-state index is -0.839. The SMILES string of the molecule is CC[C@@H]1CC[C@H](C)N(C(=O)C(N)=O)C1. The van der Waals surface area contributed by atoms with Crippen LogP contribution in [-0.2, 0) is 9.59 Å². The second-order valence-corrected chi connectivity index (χ2v) is 4.02. The first-order valence-electron chi connectivity index (χ1n) is 5.16. The van der Waals surface area contributed by atoms with E-state index in [0.29, 0.717) is 12.5 Å². The van der Waals surface area contributed by atoms with E-state index in [4.69, 9.17) is 5.73 Å². The van der Waals surface area contributed by atoms with Gasteiger partial charge in [0.25, 0.3) is 0 Å². The monoisotopic (exact) mass is 198 g/mol. The molecule has 1 heterocycles. The standard InChI is InChI=1S/C10H18N2O2/c1-3-8-5-4-7(2)12(6-8)10(14)9(11)13/h7-8H,3-6H2,1-2H3,(H2,11,13)/t7-,8+/m0/s1. The second-order valence-electron chi connectivity index (χ2n) is 4.02. The highest BCUT2D eigenvalue weighted by atomic mass is 16.2. The van der Waals surface area contributed by atoms with Gasteiger partial charge in [-0.3, -0.25) is 9.59 Å². The van der Waals surface area contributed by atoms with Crippen LogP contribution in [0.15, 0.2) is 0 Å². The number of likely N-dealkylation sites (tertiary alicyclic amines) is 1. The topological polar surface area (TPSA) is 63.4 Å². The molecule has 0 aliphatic carbocycles. The molecule has 0 aromatic carbocycles. The number of hydrogen-bond donors (Lipinski definition) is 1. The molecule has 1 fully saturated rings. The zero-order valence-electron chi connectivity index (χ0n) is 8.82. The van der Waals surface area contributed by atoms with Gasteiger partial charge in [-0.05, 0) is 25.7 Å². The molecule has 0 aromatic rings. The molecule has 14 heavy (non-hydrogen) atoms. The number of rotatable bonds is 1. The molecule has 0 saturated carbocycles. The Morgan fingerprint density at radius 3 is 2.57 bits per heavy atom. The Bertz CT molecular complexity index is 240. The van der Waals surface area contributed by atoms with Crippen molar-refractivity contribution in [3.05, 3.63) is 0 Å². The van der Waals surface area contributed by atoms with E-state index in [1.54, 1.807) is 4.90 Å². The average molecular weight is 198 g/mol. The summed E-state index contributed by atoms with van der Waals surface area (Å²) in [5.74, 6) is -0.848. The average Bonchev–Trinajstić information content (AvgIpc) is 2.17. The maximum absolute atomic E-state index is 11.4. The van der Waals surface area contributed by atoms with Crippen molar-refractivity contribution in [2.45, 2.75) is 39.2 Å². The Hall–Kier alpha value is -1.06. The van der Waals surface area contributed by atoms with Crippen LogP contribution in [0.3, 0.4) is 0 Å². The Balaban J connectivity index is 2.65. The summed E-state index contributed by atoms with van der Waals surface area (Å²) in [7, 11) is 0. The molecule has 4 nitrogen and oxygen atoms in total. The Morgan fingerprint density at radius 2 is 2.07 bits per heavy atom. The van der Waals surface area contributed by atoms with E-state index in [2.05, 4.69) is 6.92 Å². The van der Waals surface area contributed by atoms with E-state index >= 15 is 0 Å². The maximum Gasteiger partial charge on any atom is 0.311 e. The first-order valence-corrected chi connectivity index (χ1v) is 5.16. The molecule has 0 bridgehead atoms. The normalized spacial score (nSPS) is 27.4. The zero-order chi connectivity index (χ0) is 10.7. The summed E-state index contributed by atoms with van der Waals surface area (Å²) in [5.41, 5.74) is 4.99. The van der Waals surface area contributed by atoms with Gasteiger partial charge in [-0.15, -0.1) is 0 Å². The highest BCUT2D eigenvalue weighted by Gasteiger charge is 2.30. The van der Waals surface area contributed by atoms with Gasteiger partial charge >= 0.3 is 11.8 Å². The van der Waals surface area contributed by atoms with Gasteiger partial charge in [-0.2, -0.15) is 0 Å². The molecule has 2 amide bonds. The first kappa shape index (κ1) is 11.0. The summed E-state index contributed by atoms with van der Waals surface area (Å²) in [4.78, 5) is 23.8. The quantitative estimate of drug-likeness (QED) is 0.624. The summed E-state index contributed by atoms with van der Waals surface area (Å²) in [6.45, 7) is 4.75. The van der Waals surface area contributed by atoms with Crippen LogP contribution < -0.4 is 5.73 Å². The Kier molecular flexibility index (Phi) is 3.49. The lowest BCUT2D eigenvalue weighted by Crippen LogP contribution is -2.49. The van der Waals surface area contributed by atoms with Gasteiger partial charge in [0.2, 0.25) is 0 Å². The van der Waals surface area contributed by atoms with E-state index in [1.165, 1.54) is 0 Å². The van der Waals surface area contributed by atoms with Crippen LogP contribution in [-0.4, -0.2) is 29.3 Å². The third kappa shape index (κ3) is 2.25. The van der Waals surface area contributed by atoms with Gasteiger partial charge in [0, 0.05) is 12.6 Å². The number of piperidine rings is 1. The first-order chi connectivity index (χ1) is 6.56. The van der Waals surface area contributed by atoms with E-state index in [0.717, 1.165) is 19.3 Å². The van der Waals surface area contributed by atoms with Crippen molar-refractivity contribution < 1.29 is 9.59 Å². The fourth-order valence-electron chi connectivity index (χ4n) is 1.94. The van der Waals surface area contributed by atoms with Crippen LogP contribution in [0.5, 0.6) is 0 Å². The molecule has 1 rings (SSSR count). The Labute approximate surface area is 84.4 Å². The smallest absolute Gasteiger partial charge is 0.311 e. The van der Waals surface area contributed by atoms with Crippen LogP contribution >= 0.6 is 0 Å². The van der Waals surface area contributed by atoms with Crippen LogP contribution in [0.2, 0.25) is 0 Å². The molecule has 0 radical (unpaired) electrons. The number of carbonyl (C=O) groups is 2. The van der Waals surface area contributed by atoms with E-state index in [9.17, 15) is 9.59 Å². The van der Waals surface area contributed by atoms with Crippen LogP contribution in [0.25, 0.3) is 0 Å². The third-order valence-electron chi connectivity index (χ3n) is 3.03. The zero-order valence-corrected chi connectivity index (χ0v) is 8.82. The largest absolute Gasteiger partial charge is 0.361 e. The molecule has 2 N–H and O–H groups in total. The summed E-state index contributed by atoms with van der Waals surface area (Å²) < 4.78 is 0. The van der Waals surface area contributed by atoms with E-state index in [1.807, 2.05) is 6.92 Å². The molecule has 2 atom stereocenters. The predicted octanol–water partition coefficient (Wildman–Crippen LogP) is 0.509. The van der Waals surface area contributed by atoms with Crippen molar-refractivity contribution >= 4 is 11.8 Å². The van der Waals surface area contributed by atoms with Crippen LogP contribution in [0.1, 0.15) is 33.1 Å². The predicted molar refractivity (Wildman–Crippen MR) is 53.4 cm³/mol. The third-order valence-corrected chi connectivity index (χ3v) is 3.03. The summed E-state index contributed by atoms with van der Waals surface area (Å²) in [5, 5.41) is 0. The van der Waals surface area contributed by atoms with Gasteiger partial charge in [-0.1, -0.05) is 13.3 Å². The van der Waals surface area contributed by atoms with E-state index < -0.39 is 11.8 Å². The minimum Gasteiger partial charge on any atom is -0.361 e. The second kappa shape index (κ2) is 4.44. The number of primary amides is 1. The Morgan fingerprint density at radius 1 is 1.43 bits per heavy atom. The van der Waals surface area contributed by atoms with Crippen molar-refractivity contribution in [2.24, 2.45) is 11.7 Å². The van der Waals surface area contributed by atoms with Gasteiger partial charge in [0.1, 0.15) is 0 Å². The van der Waals surface area contributed by atoms with Gasteiger partial charge in [0.05, 0.1) is 0 Å². The molecule has 1 saturated heterocycles. The lowest BCUT2D eigenvalue weighted by atomic mass is 9.91. The highest BCUT2D eigenvalue weighted by molar-refractivity contribution is 6.34. The van der Waals surface area contributed by atoms with Crippen molar-refractivity contribution in [3.8, 4) is 0 Å². The van der Waals surface area contributed by atoms with Gasteiger partial charge < -0.3 is 10.6 Å². The summed E-state index contributed by atoms with van der Waals surface area (Å²) in [6.07, 6.45) is 3.16. The van der Waals surface area contributed by atoms with Crippen molar-refractivity contribution in [3.63, 3.8) is 0 Å². The summed E-state index contributed by atoms with van der Waals surface area (Å²) in [6, 6.07) is 0.151. The summed E-state index contributed by atoms with van der Waals surface area (Å²) >= 11 is 0. The molecule has 4 heteroatoms. The number of carbonyl (C=O) groups excluding carboxylic acids is 2. The van der Waals surface area contributed by atoms with Crippen molar-refractivity contribution in [2.75, 3.05) is 6.54 Å². The molecular weight excluding hydrogens is 180 g/mol. The molecular formula is C10H18N2O2. The molecule has 1 aliphatic rings. The lowest BCUT2D eigenvalue weighted by molar-refractivity contribution is -0.147. The molecule has 0 spiro atoms. The van der Waals surface area contributed by atoms with Crippen LogP contribution in [0.4, 0.5) is 0 Å². The highest BCUT2D eigenvalue weighted by Crippen LogP contribution is 2.23. The fourth-order valence-corrected chi connectivity index (χ4v) is 1.94. The van der Waals surface area contributed by atoms with E-state index in [-0.39, 0.29) is 6.04 Å². The van der Waals surface area contributed by atoms with Crippen LogP contribution in [0, 0.1) is 5.92 Å². The number of nitrogens with zero attached hydrogens (tertiary/aromatic N) is 1. The van der Waals surface area contributed by atoms with Gasteiger partial charge in [0.15, 0.2) is 0 Å². The number of amides is 2. The minimum absolute atomic E-state index is 0.151.